The van der Waals surface area contributed by atoms with Crippen molar-refractivity contribution in [3.05, 3.63) is 42.5 Å². The molecule has 2 heterocycles. The monoisotopic (exact) mass is 419 g/mol. The summed E-state index contributed by atoms with van der Waals surface area (Å²) in [5.41, 5.74) is 2.59. The van der Waals surface area contributed by atoms with E-state index in [1.165, 1.54) is 0 Å². The van der Waals surface area contributed by atoms with Gasteiger partial charge in [-0.25, -0.2) is 8.42 Å². The third kappa shape index (κ3) is 3.28. The van der Waals surface area contributed by atoms with Gasteiger partial charge in [0.05, 0.1) is 29.4 Å². The first-order valence-electron chi connectivity index (χ1n) is 9.36. The number of likely N-dealkylation sites (N-methyl/N-ethyl adjacent to an activating group) is 1. The molecule has 150 valence electrons. The van der Waals surface area contributed by atoms with Crippen molar-refractivity contribution in [3.8, 4) is 5.75 Å². The fraction of sp³-hybridized carbons (Fsp3) is 0.400. The Hall–Kier alpha value is -2.06. The van der Waals surface area contributed by atoms with Crippen molar-refractivity contribution in [2.75, 3.05) is 46.5 Å². The molecule has 0 aromatic heterocycles. The average molecular weight is 420 g/mol. The van der Waals surface area contributed by atoms with Gasteiger partial charge in [-0.1, -0.05) is 0 Å². The lowest BCUT2D eigenvalue weighted by molar-refractivity contribution is 0.414. The van der Waals surface area contributed by atoms with Crippen molar-refractivity contribution in [2.24, 2.45) is 0 Å². The second-order valence-electron chi connectivity index (χ2n) is 7.17. The Bertz CT molecular complexity index is 957. The minimum atomic E-state index is -3.67. The van der Waals surface area contributed by atoms with Gasteiger partial charge in [-0.15, -0.1) is 0 Å². The molecule has 1 atom stereocenters. The van der Waals surface area contributed by atoms with Crippen molar-refractivity contribution in [3.63, 3.8) is 0 Å². The Kier molecular flexibility index (Phi) is 5.09. The highest BCUT2D eigenvalue weighted by atomic mass is 32.2. The molecule has 6 nitrogen and oxygen atoms in total. The maximum atomic E-state index is 13.5. The van der Waals surface area contributed by atoms with Gasteiger partial charge >= 0.3 is 0 Å². The number of methoxy groups -OCH3 is 1. The second kappa shape index (κ2) is 7.40. The van der Waals surface area contributed by atoms with Crippen LogP contribution in [0.5, 0.6) is 5.75 Å². The standard InChI is InChI=1S/C20H25N3O3S2/c1-15-14-21(2)20-13-17(26-3)7-10-19(20)23(15)28(24,25)18-8-5-16(6-9-18)22-11-4-12-27-22/h5-10,13,15H,4,11-12,14H2,1-3H3. The molecule has 0 N–H and O–H groups in total. The summed E-state index contributed by atoms with van der Waals surface area (Å²) in [6.07, 6.45) is 1.16. The van der Waals surface area contributed by atoms with Crippen LogP contribution < -0.4 is 18.2 Å². The summed E-state index contributed by atoms with van der Waals surface area (Å²) in [6.45, 7) is 3.56. The maximum absolute atomic E-state index is 13.5. The van der Waals surface area contributed by atoms with Gasteiger partial charge in [0.25, 0.3) is 10.0 Å². The van der Waals surface area contributed by atoms with E-state index in [1.54, 1.807) is 41.6 Å². The fourth-order valence-electron chi connectivity index (χ4n) is 3.84. The lowest BCUT2D eigenvalue weighted by Gasteiger charge is -2.41. The molecule has 1 unspecified atom stereocenters. The predicted molar refractivity (Wildman–Crippen MR) is 116 cm³/mol. The summed E-state index contributed by atoms with van der Waals surface area (Å²) in [5.74, 6) is 1.82. The molecule has 1 saturated heterocycles. The first kappa shape index (κ1) is 19.3. The minimum absolute atomic E-state index is 0.176. The molecule has 4 rings (SSSR count). The van der Waals surface area contributed by atoms with Gasteiger partial charge < -0.3 is 13.9 Å². The van der Waals surface area contributed by atoms with Crippen LogP contribution in [0.15, 0.2) is 47.4 Å². The highest BCUT2D eigenvalue weighted by Gasteiger charge is 2.36. The van der Waals surface area contributed by atoms with Crippen LogP contribution in [-0.4, -0.2) is 47.5 Å². The lowest BCUT2D eigenvalue weighted by Crippen LogP contribution is -2.49. The van der Waals surface area contributed by atoms with Gasteiger partial charge in [-0.2, -0.15) is 0 Å². The number of hydrogen-bond acceptors (Lipinski definition) is 6. The highest BCUT2D eigenvalue weighted by molar-refractivity contribution is 8.00. The van der Waals surface area contributed by atoms with E-state index < -0.39 is 10.0 Å². The molecular formula is C20H25N3O3S2. The fourth-order valence-corrected chi connectivity index (χ4v) is 6.51. The van der Waals surface area contributed by atoms with E-state index in [9.17, 15) is 8.42 Å². The predicted octanol–water partition coefficient (Wildman–Crippen LogP) is 3.59. The molecule has 0 saturated carbocycles. The number of sulfonamides is 1. The Morgan fingerprint density at radius 2 is 1.86 bits per heavy atom. The summed E-state index contributed by atoms with van der Waals surface area (Å²) < 4.78 is 36.1. The highest BCUT2D eigenvalue weighted by Crippen LogP contribution is 2.40. The van der Waals surface area contributed by atoms with E-state index in [-0.39, 0.29) is 6.04 Å². The van der Waals surface area contributed by atoms with E-state index in [0.29, 0.717) is 22.9 Å². The van der Waals surface area contributed by atoms with Crippen molar-refractivity contribution >= 4 is 39.0 Å². The minimum Gasteiger partial charge on any atom is -0.497 e. The molecule has 0 radical (unpaired) electrons. The summed E-state index contributed by atoms with van der Waals surface area (Å²) in [4.78, 5) is 2.39. The van der Waals surface area contributed by atoms with Gasteiger partial charge in [0, 0.05) is 37.6 Å². The van der Waals surface area contributed by atoms with Gasteiger partial charge in [0.2, 0.25) is 0 Å². The van der Waals surface area contributed by atoms with Crippen LogP contribution in [0.3, 0.4) is 0 Å². The van der Waals surface area contributed by atoms with Crippen LogP contribution >= 0.6 is 11.9 Å². The molecule has 2 aliphatic heterocycles. The van der Waals surface area contributed by atoms with Crippen molar-refractivity contribution in [2.45, 2.75) is 24.3 Å². The van der Waals surface area contributed by atoms with Gasteiger partial charge in [-0.3, -0.25) is 4.31 Å². The van der Waals surface area contributed by atoms with E-state index in [4.69, 9.17) is 4.74 Å². The van der Waals surface area contributed by atoms with Gasteiger partial charge in [0.15, 0.2) is 0 Å². The van der Waals surface area contributed by atoms with E-state index >= 15 is 0 Å². The van der Waals surface area contributed by atoms with Gasteiger partial charge in [-0.05, 0) is 61.7 Å². The molecule has 0 spiro atoms. The Balaban J connectivity index is 1.71. The number of benzene rings is 2. The number of hydrogen-bond donors (Lipinski definition) is 0. The Morgan fingerprint density at radius 3 is 2.50 bits per heavy atom. The van der Waals surface area contributed by atoms with Gasteiger partial charge in [0.1, 0.15) is 5.75 Å². The summed E-state index contributed by atoms with van der Waals surface area (Å²) >= 11 is 1.79. The second-order valence-corrected chi connectivity index (χ2v) is 10.1. The number of anilines is 3. The molecular weight excluding hydrogens is 394 g/mol. The molecule has 1 fully saturated rings. The largest absolute Gasteiger partial charge is 0.497 e. The molecule has 0 bridgehead atoms. The number of ether oxygens (including phenoxy) is 1. The number of fused-ring (bicyclic) bond motifs is 1. The topological polar surface area (TPSA) is 53.1 Å². The molecule has 2 aromatic carbocycles. The molecule has 28 heavy (non-hydrogen) atoms. The molecule has 0 aliphatic carbocycles. The van der Waals surface area contributed by atoms with Crippen molar-refractivity contribution < 1.29 is 13.2 Å². The van der Waals surface area contributed by atoms with Crippen LogP contribution in [0.25, 0.3) is 0 Å². The van der Waals surface area contributed by atoms with Crippen molar-refractivity contribution in [1.82, 2.24) is 0 Å². The third-order valence-electron chi connectivity index (χ3n) is 5.20. The van der Waals surface area contributed by atoms with Crippen LogP contribution in [0.1, 0.15) is 13.3 Å². The normalized spacial score (nSPS) is 19.7. The summed E-state index contributed by atoms with van der Waals surface area (Å²) in [6, 6.07) is 12.6. The average Bonchev–Trinajstić information content (AvgIpc) is 3.22. The van der Waals surface area contributed by atoms with E-state index in [1.807, 2.05) is 38.2 Å². The van der Waals surface area contributed by atoms with Crippen LogP contribution in [0.4, 0.5) is 17.1 Å². The molecule has 8 heteroatoms. The lowest BCUT2D eigenvalue weighted by atomic mass is 10.1. The Labute approximate surface area is 171 Å². The quantitative estimate of drug-likeness (QED) is 0.706. The first-order valence-corrected chi connectivity index (χ1v) is 11.7. The Morgan fingerprint density at radius 1 is 1.11 bits per heavy atom. The maximum Gasteiger partial charge on any atom is 0.264 e. The zero-order chi connectivity index (χ0) is 19.9. The summed E-state index contributed by atoms with van der Waals surface area (Å²) in [7, 11) is -0.0809. The van der Waals surface area contributed by atoms with Crippen LogP contribution in [0.2, 0.25) is 0 Å². The number of rotatable bonds is 4. The molecule has 2 aromatic rings. The molecule has 2 aliphatic rings. The van der Waals surface area contributed by atoms with E-state index in [0.717, 1.165) is 30.1 Å². The zero-order valence-corrected chi connectivity index (χ0v) is 18.0. The SMILES string of the molecule is COc1ccc2c(c1)N(C)CC(C)N2S(=O)(=O)c1ccc(N2CCCS2)cc1. The summed E-state index contributed by atoms with van der Waals surface area (Å²) in [5, 5.41) is 0. The van der Waals surface area contributed by atoms with Crippen molar-refractivity contribution in [1.29, 1.82) is 0 Å². The van der Waals surface area contributed by atoms with Crippen LogP contribution in [-0.2, 0) is 10.0 Å². The number of nitrogens with zero attached hydrogens (tertiary/aromatic N) is 3. The van der Waals surface area contributed by atoms with E-state index in [2.05, 4.69) is 9.21 Å². The first-order chi connectivity index (χ1) is 13.4. The zero-order valence-electron chi connectivity index (χ0n) is 16.3. The van der Waals surface area contributed by atoms with Crippen LogP contribution in [0, 0.1) is 0 Å². The molecule has 0 amide bonds. The smallest absolute Gasteiger partial charge is 0.264 e. The third-order valence-corrected chi connectivity index (χ3v) is 8.32.